The topological polar surface area (TPSA) is 90.2 Å². The molecule has 0 N–H and O–H groups in total. The van der Waals surface area contributed by atoms with Crippen molar-refractivity contribution in [3.63, 3.8) is 0 Å². The van der Waals surface area contributed by atoms with Crippen LogP contribution in [-0.4, -0.2) is 34.9 Å². The monoisotopic (exact) mass is 1740 g/mol. The van der Waals surface area contributed by atoms with Crippen LogP contribution in [0, 0.1) is 0 Å². The van der Waals surface area contributed by atoms with Crippen LogP contribution in [0.2, 0.25) is 0 Å². The molecule has 22 aromatic rings. The number of pyridine rings is 2. The first-order valence-electron chi connectivity index (χ1n) is 47.2. The standard InChI is InChI=1S/C65H47N3.C64H46N4/c1-64(2)55-25-15-13-22-47(55)49-33-31-44(35-57(49)64)53-38-59(45-32-34-50-48-23-14-16-26-56(48)65(3,4)58(50)36-45)66-62-51-24-12-11-21-46(51)52(37-54(53)62)40-27-29-43(30-28-40)63-67-60(41-17-7-5-8-18-41)39-61(68-63)42-19-9-6-10-20-42;1-63(2)54-25-15-13-22-46(54)48-33-31-43(35-56(48)63)52-38-58(44-32-34-49-47-23-14-16-26-55(47)64(3,4)57(49)36-44)65-59-50-24-12-11-21-45(50)51(37-53(52)59)39-27-29-42(30-28-39)62-67-60(40-17-7-5-8-18-40)66-61(68-62)41-19-9-6-10-20-41/h5-39H,1-4H3;5-38H,1-4H3. The van der Waals surface area contributed by atoms with Crippen LogP contribution in [-0.2, 0) is 21.7 Å². The molecule has 4 aliphatic carbocycles. The number of nitrogens with zero attached hydrogens (tertiary/aromatic N) is 7. The molecule has 7 heteroatoms. The molecule has 644 valence electrons. The quantitative estimate of drug-likeness (QED) is 0.113. The van der Waals surface area contributed by atoms with Gasteiger partial charge >= 0.3 is 0 Å². The fourth-order valence-electron chi connectivity index (χ4n) is 22.5. The van der Waals surface area contributed by atoms with Gasteiger partial charge in [-0.05, 0) is 199 Å². The molecule has 0 saturated heterocycles. The Morgan fingerprint density at radius 3 is 0.691 bits per heavy atom. The highest BCUT2D eigenvalue weighted by Crippen LogP contribution is 2.56. The minimum Gasteiger partial charge on any atom is -0.247 e. The fourth-order valence-corrected chi connectivity index (χ4v) is 22.5. The predicted molar refractivity (Wildman–Crippen MR) is 563 cm³/mol. The molecule has 4 heterocycles. The van der Waals surface area contributed by atoms with E-state index in [2.05, 4.69) is 401 Å². The summed E-state index contributed by atoms with van der Waals surface area (Å²) in [7, 11) is 0. The molecule has 0 atom stereocenters. The minimum atomic E-state index is -0.143. The molecule has 136 heavy (non-hydrogen) atoms. The number of hydrogen-bond donors (Lipinski definition) is 0. The highest BCUT2D eigenvalue weighted by Gasteiger charge is 2.40. The van der Waals surface area contributed by atoms with Crippen molar-refractivity contribution in [2.24, 2.45) is 0 Å². The zero-order valence-electron chi connectivity index (χ0n) is 77.0. The van der Waals surface area contributed by atoms with E-state index in [1.165, 1.54) is 111 Å². The van der Waals surface area contributed by atoms with Crippen LogP contribution in [0.4, 0.5) is 0 Å². The Balaban J connectivity index is 0.000000145. The third-order valence-corrected chi connectivity index (χ3v) is 29.7. The molecule has 0 amide bonds. The summed E-state index contributed by atoms with van der Waals surface area (Å²) in [5, 5.41) is 6.80. The zero-order chi connectivity index (χ0) is 91.5. The number of aromatic nitrogens is 7. The molecule has 0 radical (unpaired) electrons. The van der Waals surface area contributed by atoms with Crippen LogP contribution in [0.15, 0.2) is 419 Å². The van der Waals surface area contributed by atoms with Gasteiger partial charge in [-0.1, -0.05) is 419 Å². The summed E-state index contributed by atoms with van der Waals surface area (Å²) in [4.78, 5) is 36.6. The minimum absolute atomic E-state index is 0.125. The first kappa shape index (κ1) is 81.4. The van der Waals surface area contributed by atoms with Crippen LogP contribution < -0.4 is 0 Å². The summed E-state index contributed by atoms with van der Waals surface area (Å²) in [5.74, 6) is 2.61. The van der Waals surface area contributed by atoms with Gasteiger partial charge in [0.25, 0.3) is 0 Å². The fraction of sp³-hybridized carbons (Fsp3) is 0.0930. The van der Waals surface area contributed by atoms with Crippen molar-refractivity contribution in [3.8, 4) is 180 Å². The Bertz CT molecular complexity index is 8050. The lowest BCUT2D eigenvalue weighted by molar-refractivity contribution is 0.660. The maximum atomic E-state index is 5.65. The number of hydrogen-bond acceptors (Lipinski definition) is 7. The first-order valence-corrected chi connectivity index (χ1v) is 47.2. The van der Waals surface area contributed by atoms with Crippen molar-refractivity contribution in [3.05, 3.63) is 463 Å². The second-order valence-corrected chi connectivity index (χ2v) is 39.0. The van der Waals surface area contributed by atoms with E-state index in [1.54, 1.807) is 0 Å². The molecule has 0 unspecified atom stereocenters. The van der Waals surface area contributed by atoms with Gasteiger partial charge in [-0.25, -0.2) is 34.9 Å². The third kappa shape index (κ3) is 13.3. The van der Waals surface area contributed by atoms with Gasteiger partial charge in [0.05, 0.1) is 33.8 Å². The summed E-state index contributed by atoms with van der Waals surface area (Å²) >= 11 is 0. The lowest BCUT2D eigenvalue weighted by Crippen LogP contribution is -2.15. The van der Waals surface area contributed by atoms with Crippen LogP contribution in [0.25, 0.3) is 223 Å². The molecule has 0 aliphatic heterocycles. The van der Waals surface area contributed by atoms with Crippen molar-refractivity contribution in [2.45, 2.75) is 77.0 Å². The predicted octanol–water partition coefficient (Wildman–Crippen LogP) is 33.0. The Morgan fingerprint density at radius 1 is 0.132 bits per heavy atom. The third-order valence-electron chi connectivity index (χ3n) is 29.7. The Hall–Kier alpha value is -16.6. The highest BCUT2D eigenvalue weighted by atomic mass is 15.0. The first-order chi connectivity index (χ1) is 66.4. The van der Waals surface area contributed by atoms with Crippen LogP contribution in [0.1, 0.15) is 99.9 Å². The number of benzene rings is 18. The van der Waals surface area contributed by atoms with Gasteiger partial charge in [-0.2, -0.15) is 0 Å². The van der Waals surface area contributed by atoms with Crippen molar-refractivity contribution in [2.75, 3.05) is 0 Å². The molecule has 26 rings (SSSR count). The van der Waals surface area contributed by atoms with E-state index in [4.69, 9.17) is 34.9 Å². The van der Waals surface area contributed by atoms with E-state index < -0.39 is 0 Å². The second-order valence-electron chi connectivity index (χ2n) is 39.0. The molecule has 7 nitrogen and oxygen atoms in total. The summed E-state index contributed by atoms with van der Waals surface area (Å²) in [6, 6.07) is 151. The van der Waals surface area contributed by atoms with Crippen molar-refractivity contribution in [1.82, 2.24) is 34.9 Å². The Labute approximate surface area is 792 Å². The lowest BCUT2D eigenvalue weighted by atomic mass is 9.81. The Morgan fingerprint density at radius 2 is 0.360 bits per heavy atom. The normalized spacial score (nSPS) is 13.8. The van der Waals surface area contributed by atoms with E-state index in [9.17, 15) is 0 Å². The molecule has 0 fully saturated rings. The summed E-state index contributed by atoms with van der Waals surface area (Å²) in [5.41, 5.74) is 44.0. The molecular weight excluding hydrogens is 1650 g/mol. The number of rotatable bonds is 12. The highest BCUT2D eigenvalue weighted by molar-refractivity contribution is 6.18. The maximum Gasteiger partial charge on any atom is 0.164 e. The summed E-state index contributed by atoms with van der Waals surface area (Å²) < 4.78 is 0. The molecule has 0 bridgehead atoms. The largest absolute Gasteiger partial charge is 0.247 e. The smallest absolute Gasteiger partial charge is 0.164 e. The van der Waals surface area contributed by atoms with Gasteiger partial charge < -0.3 is 0 Å². The van der Waals surface area contributed by atoms with Gasteiger partial charge in [0, 0.05) is 87.7 Å². The van der Waals surface area contributed by atoms with Crippen LogP contribution in [0.5, 0.6) is 0 Å². The van der Waals surface area contributed by atoms with Crippen molar-refractivity contribution >= 4 is 43.4 Å². The average Bonchev–Trinajstić information content (AvgIpc) is 1.68. The van der Waals surface area contributed by atoms with E-state index in [1.807, 2.05) is 72.8 Å². The van der Waals surface area contributed by atoms with Crippen LogP contribution >= 0.6 is 0 Å². The Kier molecular flexibility index (Phi) is 18.9. The van der Waals surface area contributed by atoms with Gasteiger partial charge in [0.15, 0.2) is 23.3 Å². The molecule has 4 aliphatic rings. The average molecular weight is 1740 g/mol. The SMILES string of the molecule is CC1(C)c2ccccc2-c2ccc(-c3cc(-c4ccc5c(c4)C(C)(C)c4ccccc4-5)c4cc(-c5ccc(-c6nc(-c7ccccc7)cc(-c7ccccc7)n6)cc5)c5ccccc5c4n3)cc21.CC1(C)c2ccccc2-c2ccc(-c3cc(-c4ccc5c(c4)C(C)(C)c4ccccc4-5)c4cc(-c5ccc(-c6nc(-c7ccccc7)nc(-c7ccccc7)n6)cc5)c5ccccc5c4n3)cc21. The lowest BCUT2D eigenvalue weighted by Gasteiger charge is -2.23. The van der Waals surface area contributed by atoms with Gasteiger partial charge in [0.2, 0.25) is 0 Å². The molecular formula is C129H93N7. The number of fused-ring (bicyclic) bond motifs is 18. The molecule has 0 saturated carbocycles. The van der Waals surface area contributed by atoms with Crippen molar-refractivity contribution in [1.29, 1.82) is 0 Å². The van der Waals surface area contributed by atoms with Crippen LogP contribution in [0.3, 0.4) is 0 Å². The zero-order valence-corrected chi connectivity index (χ0v) is 77.0. The van der Waals surface area contributed by atoms with Gasteiger partial charge in [-0.3, -0.25) is 0 Å². The summed E-state index contributed by atoms with van der Waals surface area (Å²) in [6.45, 7) is 18.8. The van der Waals surface area contributed by atoms with E-state index in [0.29, 0.717) is 23.3 Å². The van der Waals surface area contributed by atoms with E-state index in [-0.39, 0.29) is 21.7 Å². The molecule has 0 spiro atoms. The van der Waals surface area contributed by atoms with Gasteiger partial charge in [-0.15, -0.1) is 0 Å². The molecule has 18 aromatic carbocycles. The maximum absolute atomic E-state index is 5.65. The van der Waals surface area contributed by atoms with Gasteiger partial charge in [0.1, 0.15) is 0 Å². The van der Waals surface area contributed by atoms with E-state index >= 15 is 0 Å². The van der Waals surface area contributed by atoms with E-state index in [0.717, 1.165) is 133 Å². The summed E-state index contributed by atoms with van der Waals surface area (Å²) in [6.07, 6.45) is 0. The molecule has 4 aromatic heterocycles. The second kappa shape index (κ2) is 31.6. The van der Waals surface area contributed by atoms with Crippen molar-refractivity contribution < 1.29 is 0 Å².